The summed E-state index contributed by atoms with van der Waals surface area (Å²) in [7, 11) is 0. The highest BCUT2D eigenvalue weighted by Crippen LogP contribution is 1.99. The van der Waals surface area contributed by atoms with E-state index in [0.717, 1.165) is 0 Å². The van der Waals surface area contributed by atoms with Crippen molar-refractivity contribution in [1.29, 1.82) is 0 Å². The standard InChI is InChI=1S/C6H6N2O/c7-6(9)5-2-1-3-8-4-5/h1-3,8H,(H2,7,9). The fourth-order valence-corrected chi connectivity index (χ4v) is 0.497. The predicted octanol–water partition coefficient (Wildman–Crippen LogP) is -0.446. The molecule has 0 fully saturated rings. The van der Waals surface area contributed by atoms with Crippen LogP contribution in [0.15, 0.2) is 23.9 Å². The maximum atomic E-state index is 10.4. The van der Waals surface area contributed by atoms with Gasteiger partial charge in [-0.1, -0.05) is 0 Å². The molecule has 0 atom stereocenters. The van der Waals surface area contributed by atoms with Crippen LogP contribution >= 0.6 is 0 Å². The number of hydrogen-bond donors (Lipinski definition) is 2. The van der Waals surface area contributed by atoms with E-state index in [1.54, 1.807) is 18.4 Å². The first-order valence-corrected chi connectivity index (χ1v) is 2.49. The van der Waals surface area contributed by atoms with Gasteiger partial charge in [-0.2, -0.15) is 0 Å². The van der Waals surface area contributed by atoms with Crippen LogP contribution in [0.1, 0.15) is 0 Å². The van der Waals surface area contributed by atoms with Crippen molar-refractivity contribution < 1.29 is 4.79 Å². The normalized spacial score (nSPS) is 16.2. The Balaban J connectivity index is 2.68. The molecular weight excluding hydrogens is 116 g/mol. The minimum absolute atomic E-state index is 0.373. The number of amides is 1. The first-order valence-electron chi connectivity index (χ1n) is 2.49. The van der Waals surface area contributed by atoms with Gasteiger partial charge in [-0.15, -0.1) is 0 Å². The summed E-state index contributed by atoms with van der Waals surface area (Å²) in [6.45, 7) is 2.57. The summed E-state index contributed by atoms with van der Waals surface area (Å²) < 4.78 is 0. The van der Waals surface area contributed by atoms with Gasteiger partial charge in [0.1, 0.15) is 6.54 Å². The first kappa shape index (κ1) is 5.88. The molecule has 0 saturated heterocycles. The van der Waals surface area contributed by atoms with Gasteiger partial charge < -0.3 is 11.1 Å². The molecule has 0 spiro atoms. The summed E-state index contributed by atoms with van der Waals surface area (Å²) in [6, 6.07) is 0. The Morgan fingerprint density at radius 1 is 1.78 bits per heavy atom. The summed E-state index contributed by atoms with van der Waals surface area (Å²) in [5.41, 5.74) is 5.30. The molecule has 2 radical (unpaired) electrons. The fraction of sp³-hybridized carbons (Fsp3) is 0. The topological polar surface area (TPSA) is 55.1 Å². The molecule has 1 amide bonds. The number of allylic oxidation sites excluding steroid dienone is 2. The molecule has 46 valence electrons. The molecule has 9 heavy (non-hydrogen) atoms. The van der Waals surface area contributed by atoms with E-state index < -0.39 is 5.91 Å². The highest BCUT2D eigenvalue weighted by atomic mass is 16.1. The highest BCUT2D eigenvalue weighted by molar-refractivity contribution is 5.94. The van der Waals surface area contributed by atoms with E-state index in [4.69, 9.17) is 5.73 Å². The first-order chi connectivity index (χ1) is 4.30. The molecule has 0 bridgehead atoms. The summed E-state index contributed by atoms with van der Waals surface area (Å²) in [6.07, 6.45) is 4.95. The van der Waals surface area contributed by atoms with Gasteiger partial charge in [-0.3, -0.25) is 4.79 Å². The van der Waals surface area contributed by atoms with Crippen molar-refractivity contribution in [2.45, 2.75) is 0 Å². The third-order valence-corrected chi connectivity index (χ3v) is 0.915. The van der Waals surface area contributed by atoms with Crippen LogP contribution in [-0.4, -0.2) is 5.91 Å². The van der Waals surface area contributed by atoms with Crippen LogP contribution < -0.4 is 11.1 Å². The van der Waals surface area contributed by atoms with Crippen molar-refractivity contribution in [1.82, 2.24) is 5.32 Å². The average molecular weight is 122 g/mol. The Bertz CT molecular complexity index is 181. The number of hydrogen-bond acceptors (Lipinski definition) is 2. The molecule has 1 aliphatic heterocycles. The smallest absolute Gasteiger partial charge is 0.247 e. The fourth-order valence-electron chi connectivity index (χ4n) is 0.497. The second kappa shape index (κ2) is 2.35. The van der Waals surface area contributed by atoms with E-state index in [-0.39, 0.29) is 0 Å². The van der Waals surface area contributed by atoms with E-state index >= 15 is 0 Å². The third kappa shape index (κ3) is 1.32. The van der Waals surface area contributed by atoms with Crippen LogP contribution in [0.25, 0.3) is 0 Å². The Morgan fingerprint density at radius 3 is 2.89 bits per heavy atom. The quantitative estimate of drug-likeness (QED) is 0.495. The molecule has 1 heterocycles. The van der Waals surface area contributed by atoms with Crippen molar-refractivity contribution in [2.75, 3.05) is 0 Å². The van der Waals surface area contributed by atoms with Gasteiger partial charge in [0.05, 0.1) is 0 Å². The molecule has 0 aliphatic carbocycles. The molecule has 1 aliphatic rings. The van der Waals surface area contributed by atoms with Crippen LogP contribution in [0.3, 0.4) is 0 Å². The number of dihydropyridines is 1. The van der Waals surface area contributed by atoms with Crippen LogP contribution in [0.4, 0.5) is 0 Å². The Morgan fingerprint density at radius 2 is 2.56 bits per heavy atom. The van der Waals surface area contributed by atoms with Gasteiger partial charge in [-0.05, 0) is 18.4 Å². The zero-order chi connectivity index (χ0) is 6.69. The van der Waals surface area contributed by atoms with Crippen LogP contribution in [0.2, 0.25) is 0 Å². The average Bonchev–Trinajstić information content (AvgIpc) is 1.90. The van der Waals surface area contributed by atoms with E-state index in [9.17, 15) is 4.79 Å². The van der Waals surface area contributed by atoms with E-state index in [1.807, 2.05) is 0 Å². The maximum absolute atomic E-state index is 10.4. The van der Waals surface area contributed by atoms with Gasteiger partial charge in [0.2, 0.25) is 5.91 Å². The Kier molecular flexibility index (Phi) is 1.53. The molecular formula is C6H6N2O. The highest BCUT2D eigenvalue weighted by Gasteiger charge is 2.04. The molecule has 0 saturated carbocycles. The second-order valence-corrected chi connectivity index (χ2v) is 1.57. The Labute approximate surface area is 53.2 Å². The van der Waals surface area contributed by atoms with Crippen molar-refractivity contribution in [3.05, 3.63) is 30.5 Å². The van der Waals surface area contributed by atoms with Crippen molar-refractivity contribution >= 4 is 5.91 Å². The molecule has 0 aromatic carbocycles. The number of carbonyl (C=O) groups excluding carboxylic acids is 1. The Hall–Kier alpha value is -1.25. The minimum atomic E-state index is -0.466. The SMILES string of the molecule is NC(=O)C1=CC=CN[C]1. The monoisotopic (exact) mass is 122 g/mol. The van der Waals surface area contributed by atoms with Crippen molar-refractivity contribution in [3.63, 3.8) is 0 Å². The zero-order valence-corrected chi connectivity index (χ0v) is 4.72. The van der Waals surface area contributed by atoms with Gasteiger partial charge in [0.25, 0.3) is 0 Å². The molecule has 3 N–H and O–H groups in total. The lowest BCUT2D eigenvalue weighted by molar-refractivity contribution is -0.114. The second-order valence-electron chi connectivity index (χ2n) is 1.57. The number of nitrogens with one attached hydrogen (secondary N) is 1. The molecule has 3 heteroatoms. The van der Waals surface area contributed by atoms with Gasteiger partial charge in [-0.25, -0.2) is 0 Å². The summed E-state index contributed by atoms with van der Waals surface area (Å²) in [5.74, 6) is -0.466. The van der Waals surface area contributed by atoms with Crippen LogP contribution in [-0.2, 0) is 4.79 Å². The van der Waals surface area contributed by atoms with Crippen LogP contribution in [0, 0.1) is 6.54 Å². The summed E-state index contributed by atoms with van der Waals surface area (Å²) >= 11 is 0. The third-order valence-electron chi connectivity index (χ3n) is 0.915. The molecule has 0 aromatic rings. The predicted molar refractivity (Wildman–Crippen MR) is 32.8 cm³/mol. The minimum Gasteiger partial charge on any atom is -0.376 e. The van der Waals surface area contributed by atoms with E-state index in [1.165, 1.54) is 0 Å². The lowest BCUT2D eigenvalue weighted by Crippen LogP contribution is -2.19. The lowest BCUT2D eigenvalue weighted by Gasteiger charge is -2.03. The van der Waals surface area contributed by atoms with E-state index in [0.29, 0.717) is 5.57 Å². The molecule has 0 unspecified atom stereocenters. The molecule has 0 aromatic heterocycles. The van der Waals surface area contributed by atoms with Crippen molar-refractivity contribution in [2.24, 2.45) is 5.73 Å². The summed E-state index contributed by atoms with van der Waals surface area (Å²) in [5, 5.41) is 2.62. The number of nitrogens with two attached hydrogens (primary N) is 1. The van der Waals surface area contributed by atoms with E-state index in [2.05, 4.69) is 11.9 Å². The molecule has 1 rings (SSSR count). The van der Waals surface area contributed by atoms with Crippen molar-refractivity contribution in [3.8, 4) is 0 Å². The lowest BCUT2D eigenvalue weighted by atomic mass is 10.2. The largest absolute Gasteiger partial charge is 0.376 e. The number of primary amides is 1. The maximum Gasteiger partial charge on any atom is 0.247 e. The number of rotatable bonds is 1. The summed E-state index contributed by atoms with van der Waals surface area (Å²) in [4.78, 5) is 10.4. The number of carbonyl (C=O) groups is 1. The van der Waals surface area contributed by atoms with Crippen LogP contribution in [0.5, 0.6) is 0 Å². The zero-order valence-electron chi connectivity index (χ0n) is 4.72. The molecule has 3 nitrogen and oxygen atoms in total. The van der Waals surface area contributed by atoms with Gasteiger partial charge in [0.15, 0.2) is 0 Å². The van der Waals surface area contributed by atoms with Gasteiger partial charge >= 0.3 is 0 Å². The van der Waals surface area contributed by atoms with Gasteiger partial charge in [0, 0.05) is 5.57 Å².